The molecule has 3 heteroatoms. The molecule has 94 valence electrons. The molecule has 3 nitrogen and oxygen atoms in total. The fourth-order valence-corrected chi connectivity index (χ4v) is 2.05. The number of hydrogen-bond acceptors (Lipinski definition) is 3. The molecule has 0 saturated heterocycles. The number of carbonyl (C=O) groups is 1. The second-order valence-corrected chi connectivity index (χ2v) is 4.42. The second kappa shape index (κ2) is 5.82. The van der Waals surface area contributed by atoms with E-state index in [9.17, 15) is 4.79 Å². The van der Waals surface area contributed by atoms with Crippen molar-refractivity contribution in [3.8, 4) is 0 Å². The van der Waals surface area contributed by atoms with E-state index in [0.29, 0.717) is 6.42 Å². The molecule has 0 amide bonds. The summed E-state index contributed by atoms with van der Waals surface area (Å²) in [7, 11) is 1.40. The molecule has 0 aromatic heterocycles. The lowest BCUT2D eigenvalue weighted by molar-refractivity contribution is -0.146. The Balaban J connectivity index is 3.05. The fourth-order valence-electron chi connectivity index (χ4n) is 2.05. The third-order valence-electron chi connectivity index (χ3n) is 3.17. The first-order valence-electron chi connectivity index (χ1n) is 5.91. The molecule has 0 aliphatic carbocycles. The first-order valence-corrected chi connectivity index (χ1v) is 5.91. The zero-order valence-corrected chi connectivity index (χ0v) is 11.0. The zero-order chi connectivity index (χ0) is 13.0. The molecule has 0 radical (unpaired) electrons. The van der Waals surface area contributed by atoms with Crippen molar-refractivity contribution in [1.29, 1.82) is 0 Å². The molecule has 2 N–H and O–H groups in total. The van der Waals surface area contributed by atoms with Crippen molar-refractivity contribution in [1.82, 2.24) is 0 Å². The van der Waals surface area contributed by atoms with Crippen LogP contribution in [-0.2, 0) is 9.53 Å². The van der Waals surface area contributed by atoms with Crippen LogP contribution in [0.5, 0.6) is 0 Å². The van der Waals surface area contributed by atoms with Crippen molar-refractivity contribution in [2.75, 3.05) is 7.11 Å². The molecule has 0 saturated carbocycles. The molecule has 0 aliphatic rings. The van der Waals surface area contributed by atoms with Gasteiger partial charge in [0.2, 0.25) is 0 Å². The summed E-state index contributed by atoms with van der Waals surface area (Å²) in [6.45, 7) is 5.99. The average molecular weight is 235 g/mol. The molecular formula is C14H21NO2. The smallest absolute Gasteiger partial charge is 0.310 e. The van der Waals surface area contributed by atoms with E-state index in [4.69, 9.17) is 10.5 Å². The Morgan fingerprint density at radius 3 is 2.59 bits per heavy atom. The quantitative estimate of drug-likeness (QED) is 0.816. The van der Waals surface area contributed by atoms with Gasteiger partial charge >= 0.3 is 5.97 Å². The Kier molecular flexibility index (Phi) is 4.70. The third-order valence-corrected chi connectivity index (χ3v) is 3.17. The highest BCUT2D eigenvalue weighted by atomic mass is 16.5. The predicted molar refractivity (Wildman–Crippen MR) is 68.6 cm³/mol. The van der Waals surface area contributed by atoms with E-state index in [1.165, 1.54) is 7.11 Å². The van der Waals surface area contributed by atoms with Crippen LogP contribution in [-0.4, -0.2) is 13.1 Å². The molecule has 0 spiro atoms. The highest BCUT2D eigenvalue weighted by Crippen LogP contribution is 2.26. The maximum atomic E-state index is 11.7. The minimum Gasteiger partial charge on any atom is -0.469 e. The number of carbonyl (C=O) groups excluding carboxylic acids is 1. The van der Waals surface area contributed by atoms with Gasteiger partial charge in [-0.3, -0.25) is 4.79 Å². The van der Waals surface area contributed by atoms with Gasteiger partial charge in [-0.2, -0.15) is 0 Å². The molecule has 1 rings (SSSR count). The summed E-state index contributed by atoms with van der Waals surface area (Å²) in [5, 5.41) is 0. The standard InChI is InChI=1S/C14H21NO2/c1-5-11(14(16)17-4)13(15)12-8-9(2)6-7-10(12)3/h6-8,11,13H,5,15H2,1-4H3. The van der Waals surface area contributed by atoms with Crippen LogP contribution in [0.15, 0.2) is 18.2 Å². The van der Waals surface area contributed by atoms with Gasteiger partial charge in [0.25, 0.3) is 0 Å². The first kappa shape index (κ1) is 13.7. The van der Waals surface area contributed by atoms with Crippen molar-refractivity contribution in [2.24, 2.45) is 11.7 Å². The number of benzene rings is 1. The molecule has 2 atom stereocenters. The van der Waals surface area contributed by atoms with Gasteiger partial charge in [0.1, 0.15) is 0 Å². The van der Waals surface area contributed by atoms with Crippen LogP contribution < -0.4 is 5.73 Å². The lowest BCUT2D eigenvalue weighted by Crippen LogP contribution is -2.29. The lowest BCUT2D eigenvalue weighted by atomic mass is 9.88. The largest absolute Gasteiger partial charge is 0.469 e. The minimum atomic E-state index is -0.299. The van der Waals surface area contributed by atoms with Crippen LogP contribution in [0.1, 0.15) is 36.1 Å². The number of methoxy groups -OCH3 is 1. The van der Waals surface area contributed by atoms with Gasteiger partial charge in [-0.25, -0.2) is 0 Å². The van der Waals surface area contributed by atoms with Gasteiger partial charge in [0, 0.05) is 6.04 Å². The van der Waals surface area contributed by atoms with Gasteiger partial charge < -0.3 is 10.5 Å². The summed E-state index contributed by atoms with van der Waals surface area (Å²) in [4.78, 5) is 11.7. The zero-order valence-electron chi connectivity index (χ0n) is 11.0. The van der Waals surface area contributed by atoms with Gasteiger partial charge in [-0.05, 0) is 31.4 Å². The second-order valence-electron chi connectivity index (χ2n) is 4.42. The van der Waals surface area contributed by atoms with Crippen LogP contribution in [0.3, 0.4) is 0 Å². The number of hydrogen-bond donors (Lipinski definition) is 1. The van der Waals surface area contributed by atoms with E-state index < -0.39 is 0 Å². The first-order chi connectivity index (χ1) is 8.01. The topological polar surface area (TPSA) is 52.3 Å². The Hall–Kier alpha value is -1.35. The number of esters is 1. The molecule has 1 aromatic carbocycles. The van der Waals surface area contributed by atoms with E-state index in [0.717, 1.165) is 16.7 Å². The molecule has 0 heterocycles. The summed E-state index contributed by atoms with van der Waals surface area (Å²) in [6.07, 6.45) is 0.682. The number of ether oxygens (including phenoxy) is 1. The highest BCUT2D eigenvalue weighted by Gasteiger charge is 2.26. The van der Waals surface area contributed by atoms with Crippen molar-refractivity contribution in [2.45, 2.75) is 33.2 Å². The normalized spacial score (nSPS) is 14.2. The molecule has 17 heavy (non-hydrogen) atoms. The summed E-state index contributed by atoms with van der Waals surface area (Å²) in [5.41, 5.74) is 9.49. The predicted octanol–water partition coefficient (Wildman–Crippen LogP) is 2.50. The van der Waals surface area contributed by atoms with Crippen LogP contribution in [0, 0.1) is 19.8 Å². The lowest BCUT2D eigenvalue weighted by Gasteiger charge is -2.22. The maximum absolute atomic E-state index is 11.7. The van der Waals surface area contributed by atoms with Crippen LogP contribution in [0.4, 0.5) is 0 Å². The van der Waals surface area contributed by atoms with Gasteiger partial charge in [-0.1, -0.05) is 30.7 Å². The Morgan fingerprint density at radius 2 is 2.06 bits per heavy atom. The molecule has 0 fully saturated rings. The van der Waals surface area contributed by atoms with Crippen LogP contribution in [0.2, 0.25) is 0 Å². The summed E-state index contributed by atoms with van der Waals surface area (Å²) in [6, 6.07) is 5.83. The average Bonchev–Trinajstić information content (AvgIpc) is 2.32. The fraction of sp³-hybridized carbons (Fsp3) is 0.500. The van der Waals surface area contributed by atoms with Crippen molar-refractivity contribution in [3.63, 3.8) is 0 Å². The van der Waals surface area contributed by atoms with E-state index >= 15 is 0 Å². The molecular weight excluding hydrogens is 214 g/mol. The van der Waals surface area contributed by atoms with Crippen LogP contribution >= 0.6 is 0 Å². The molecule has 1 aromatic rings. The van der Waals surface area contributed by atoms with Crippen molar-refractivity contribution < 1.29 is 9.53 Å². The number of rotatable bonds is 4. The SMILES string of the molecule is CCC(C(=O)OC)C(N)c1cc(C)ccc1C. The Bertz CT molecular complexity index is 401. The molecule has 0 bridgehead atoms. The maximum Gasteiger partial charge on any atom is 0.310 e. The van der Waals surface area contributed by atoms with E-state index in [2.05, 4.69) is 0 Å². The number of aryl methyl sites for hydroxylation is 2. The number of nitrogens with two attached hydrogens (primary N) is 1. The Labute approximate surface area is 103 Å². The van der Waals surface area contributed by atoms with Crippen molar-refractivity contribution >= 4 is 5.97 Å². The van der Waals surface area contributed by atoms with Gasteiger partial charge in [0.15, 0.2) is 0 Å². The summed E-state index contributed by atoms with van der Waals surface area (Å²) in [5.74, 6) is -0.513. The van der Waals surface area contributed by atoms with E-state index in [-0.39, 0.29) is 17.9 Å². The molecule has 2 unspecified atom stereocenters. The summed E-state index contributed by atoms with van der Waals surface area (Å²) < 4.78 is 4.80. The monoisotopic (exact) mass is 235 g/mol. The van der Waals surface area contributed by atoms with E-state index in [1.54, 1.807) is 0 Å². The minimum absolute atomic E-state index is 0.235. The Morgan fingerprint density at radius 1 is 1.41 bits per heavy atom. The van der Waals surface area contributed by atoms with Gasteiger partial charge in [-0.15, -0.1) is 0 Å². The van der Waals surface area contributed by atoms with Crippen molar-refractivity contribution in [3.05, 3.63) is 34.9 Å². The van der Waals surface area contributed by atoms with E-state index in [1.807, 2.05) is 39.0 Å². The molecule has 0 aliphatic heterocycles. The highest BCUT2D eigenvalue weighted by molar-refractivity contribution is 5.73. The van der Waals surface area contributed by atoms with Gasteiger partial charge in [0.05, 0.1) is 13.0 Å². The summed E-state index contributed by atoms with van der Waals surface area (Å²) >= 11 is 0. The third kappa shape index (κ3) is 3.07. The van der Waals surface area contributed by atoms with Crippen LogP contribution in [0.25, 0.3) is 0 Å².